The van der Waals surface area contributed by atoms with Gasteiger partial charge in [-0.05, 0) is 30.7 Å². The fraction of sp³-hybridized carbons (Fsp3) is 0.222. The Morgan fingerprint density at radius 1 is 1.19 bits per heavy atom. The lowest BCUT2D eigenvalue weighted by atomic mass is 10.1. The lowest BCUT2D eigenvalue weighted by Gasteiger charge is -2.16. The molecule has 1 N–H and O–H groups in total. The summed E-state index contributed by atoms with van der Waals surface area (Å²) in [7, 11) is 0. The van der Waals surface area contributed by atoms with Crippen LogP contribution in [0.2, 0.25) is 5.02 Å². The smallest absolute Gasteiger partial charge is 0.148 e. The van der Waals surface area contributed by atoms with Crippen LogP contribution in [0.25, 0.3) is 0 Å². The summed E-state index contributed by atoms with van der Waals surface area (Å²) in [5.41, 5.74) is 2.29. The second-order valence-corrected chi connectivity index (χ2v) is 5.19. The van der Waals surface area contributed by atoms with Crippen LogP contribution in [0.4, 0.5) is 0 Å². The highest BCUT2D eigenvalue weighted by Crippen LogP contribution is 2.20. The maximum Gasteiger partial charge on any atom is 0.148 e. The maximum absolute atomic E-state index is 5.91. The predicted octanol–water partition coefficient (Wildman–Crippen LogP) is 4.20. The second kappa shape index (κ2) is 7.73. The first-order chi connectivity index (χ1) is 10.2. The van der Waals surface area contributed by atoms with Crippen molar-refractivity contribution in [1.82, 2.24) is 5.32 Å². The molecule has 21 heavy (non-hydrogen) atoms. The minimum atomic E-state index is 0.225. The molecule has 0 heterocycles. The molecule has 2 aromatic rings. The van der Waals surface area contributed by atoms with Gasteiger partial charge in [-0.15, -0.1) is 6.42 Å². The van der Waals surface area contributed by atoms with Crippen molar-refractivity contribution in [3.8, 4) is 18.1 Å². The third-order valence-electron chi connectivity index (χ3n) is 3.25. The Kier molecular flexibility index (Phi) is 5.68. The highest BCUT2D eigenvalue weighted by Gasteiger charge is 2.07. The standard InChI is InChI=1S/C18H18ClNO/c1-3-12-21-18-7-5-4-6-16(18)13-20-14(2)15-8-10-17(19)11-9-15/h1,4-11,14,20H,12-13H2,2H3/t14-/m0/s1. The summed E-state index contributed by atoms with van der Waals surface area (Å²) in [4.78, 5) is 0. The van der Waals surface area contributed by atoms with Gasteiger partial charge < -0.3 is 10.1 Å². The van der Waals surface area contributed by atoms with E-state index in [4.69, 9.17) is 22.8 Å². The van der Waals surface area contributed by atoms with Gasteiger partial charge in [0.25, 0.3) is 0 Å². The number of ether oxygens (including phenoxy) is 1. The van der Waals surface area contributed by atoms with E-state index in [1.54, 1.807) is 0 Å². The molecule has 0 aliphatic heterocycles. The number of hydrogen-bond acceptors (Lipinski definition) is 2. The van der Waals surface area contributed by atoms with Crippen LogP contribution in [0.15, 0.2) is 48.5 Å². The van der Waals surface area contributed by atoms with E-state index in [0.29, 0.717) is 6.54 Å². The van der Waals surface area contributed by atoms with E-state index in [9.17, 15) is 0 Å². The number of halogens is 1. The number of hydrogen-bond donors (Lipinski definition) is 1. The summed E-state index contributed by atoms with van der Waals surface area (Å²) in [6.45, 7) is 3.11. The first-order valence-electron chi connectivity index (χ1n) is 6.83. The van der Waals surface area contributed by atoms with Gasteiger partial charge >= 0.3 is 0 Å². The molecule has 0 fully saturated rings. The molecule has 0 spiro atoms. The molecular formula is C18H18ClNO. The van der Waals surface area contributed by atoms with Gasteiger partial charge in [0.1, 0.15) is 12.4 Å². The zero-order chi connectivity index (χ0) is 15.1. The molecule has 0 aromatic heterocycles. The van der Waals surface area contributed by atoms with Crippen LogP contribution < -0.4 is 10.1 Å². The van der Waals surface area contributed by atoms with Crippen LogP contribution in [0.3, 0.4) is 0 Å². The lowest BCUT2D eigenvalue weighted by molar-refractivity contribution is 0.364. The van der Waals surface area contributed by atoms with Crippen LogP contribution in [0, 0.1) is 12.3 Å². The van der Waals surface area contributed by atoms with Crippen molar-refractivity contribution in [1.29, 1.82) is 0 Å². The lowest BCUT2D eigenvalue weighted by Crippen LogP contribution is -2.18. The molecule has 0 radical (unpaired) electrons. The second-order valence-electron chi connectivity index (χ2n) is 4.75. The Labute approximate surface area is 131 Å². The van der Waals surface area contributed by atoms with Crippen molar-refractivity contribution in [2.24, 2.45) is 0 Å². The Hall–Kier alpha value is -1.95. The molecule has 108 valence electrons. The van der Waals surface area contributed by atoms with Crippen LogP contribution in [0.5, 0.6) is 5.75 Å². The molecule has 2 rings (SSSR count). The van der Waals surface area contributed by atoms with Crippen LogP contribution >= 0.6 is 11.6 Å². The molecule has 0 unspecified atom stereocenters. The zero-order valence-corrected chi connectivity index (χ0v) is 12.7. The quantitative estimate of drug-likeness (QED) is 0.807. The highest BCUT2D eigenvalue weighted by atomic mass is 35.5. The number of para-hydroxylation sites is 1. The maximum atomic E-state index is 5.91. The van der Waals surface area contributed by atoms with E-state index in [0.717, 1.165) is 16.3 Å². The van der Waals surface area contributed by atoms with E-state index < -0.39 is 0 Å². The summed E-state index contributed by atoms with van der Waals surface area (Å²) in [5.74, 6) is 3.31. The number of terminal acetylenes is 1. The van der Waals surface area contributed by atoms with E-state index in [1.807, 2.05) is 48.5 Å². The predicted molar refractivity (Wildman–Crippen MR) is 87.5 cm³/mol. The van der Waals surface area contributed by atoms with Crippen molar-refractivity contribution in [2.45, 2.75) is 19.5 Å². The Balaban J connectivity index is 1.99. The summed E-state index contributed by atoms with van der Waals surface area (Å²) < 4.78 is 5.55. The van der Waals surface area contributed by atoms with Crippen LogP contribution in [-0.2, 0) is 6.54 Å². The zero-order valence-electron chi connectivity index (χ0n) is 12.0. The summed E-state index contributed by atoms with van der Waals surface area (Å²) in [6.07, 6.45) is 5.24. The SMILES string of the molecule is C#CCOc1ccccc1CN[C@@H](C)c1ccc(Cl)cc1. The third kappa shape index (κ3) is 4.53. The molecule has 0 saturated heterocycles. The molecule has 0 amide bonds. The van der Waals surface area contributed by atoms with Gasteiger partial charge in [-0.2, -0.15) is 0 Å². The topological polar surface area (TPSA) is 21.3 Å². The molecule has 0 aliphatic rings. The fourth-order valence-electron chi connectivity index (χ4n) is 2.04. The van der Waals surface area contributed by atoms with Gasteiger partial charge in [0.05, 0.1) is 0 Å². The Morgan fingerprint density at radius 3 is 2.62 bits per heavy atom. The van der Waals surface area contributed by atoms with Crippen molar-refractivity contribution < 1.29 is 4.74 Å². The molecule has 2 nitrogen and oxygen atoms in total. The number of nitrogens with one attached hydrogen (secondary N) is 1. The largest absolute Gasteiger partial charge is 0.481 e. The van der Waals surface area contributed by atoms with E-state index in [2.05, 4.69) is 18.2 Å². The van der Waals surface area contributed by atoms with Gasteiger partial charge in [-0.25, -0.2) is 0 Å². The van der Waals surface area contributed by atoms with Gasteiger partial charge in [0.15, 0.2) is 0 Å². The fourth-order valence-corrected chi connectivity index (χ4v) is 2.17. The average Bonchev–Trinajstić information content (AvgIpc) is 2.52. The normalized spacial score (nSPS) is 11.7. The van der Waals surface area contributed by atoms with Crippen LogP contribution in [0.1, 0.15) is 24.1 Å². The monoisotopic (exact) mass is 299 g/mol. The third-order valence-corrected chi connectivity index (χ3v) is 3.50. The van der Waals surface area contributed by atoms with Gasteiger partial charge in [0.2, 0.25) is 0 Å². The molecule has 0 saturated carbocycles. The number of benzene rings is 2. The molecule has 1 atom stereocenters. The van der Waals surface area contributed by atoms with Crippen LogP contribution in [-0.4, -0.2) is 6.61 Å². The van der Waals surface area contributed by atoms with Gasteiger partial charge in [0, 0.05) is 23.2 Å². The van der Waals surface area contributed by atoms with Gasteiger partial charge in [-0.1, -0.05) is 47.9 Å². The first kappa shape index (κ1) is 15.4. The first-order valence-corrected chi connectivity index (χ1v) is 7.21. The van der Waals surface area contributed by atoms with Gasteiger partial charge in [-0.3, -0.25) is 0 Å². The Bertz CT molecular complexity index is 616. The summed E-state index contributed by atoms with van der Waals surface area (Å²) >= 11 is 5.91. The van der Waals surface area contributed by atoms with E-state index in [1.165, 1.54) is 5.56 Å². The molecule has 0 bridgehead atoms. The van der Waals surface area contributed by atoms with E-state index >= 15 is 0 Å². The van der Waals surface area contributed by atoms with E-state index in [-0.39, 0.29) is 12.6 Å². The molecular weight excluding hydrogens is 282 g/mol. The summed E-state index contributed by atoms with van der Waals surface area (Å²) in [5, 5.41) is 4.23. The van der Waals surface area contributed by atoms with Crippen molar-refractivity contribution >= 4 is 11.6 Å². The average molecular weight is 300 g/mol. The molecule has 0 aliphatic carbocycles. The van der Waals surface area contributed by atoms with Crippen molar-refractivity contribution in [3.05, 3.63) is 64.7 Å². The minimum absolute atomic E-state index is 0.225. The summed E-state index contributed by atoms with van der Waals surface area (Å²) in [6, 6.07) is 16.0. The molecule has 3 heteroatoms. The minimum Gasteiger partial charge on any atom is -0.481 e. The number of rotatable bonds is 6. The van der Waals surface area contributed by atoms with Crippen molar-refractivity contribution in [2.75, 3.05) is 6.61 Å². The Morgan fingerprint density at radius 2 is 1.90 bits per heavy atom. The molecule has 2 aromatic carbocycles. The van der Waals surface area contributed by atoms with Crippen molar-refractivity contribution in [3.63, 3.8) is 0 Å². The highest BCUT2D eigenvalue weighted by molar-refractivity contribution is 6.30.